The molecule has 20 nitrogen and oxygen atoms in total. The van der Waals surface area contributed by atoms with Crippen molar-refractivity contribution in [2.75, 3.05) is 59.8 Å². The number of nitrogens with zero attached hydrogens (tertiary/aromatic N) is 12. The van der Waals surface area contributed by atoms with Gasteiger partial charge in [0.2, 0.25) is 11.8 Å². The predicted molar refractivity (Wildman–Crippen MR) is 399 cm³/mol. The molecule has 4 aliphatic heterocycles. The van der Waals surface area contributed by atoms with Gasteiger partial charge in [0.05, 0.1) is 96.2 Å². The lowest BCUT2D eigenvalue weighted by atomic mass is 9.70. The van der Waals surface area contributed by atoms with Crippen LogP contribution >= 0.6 is 11.6 Å². The zero-order valence-corrected chi connectivity index (χ0v) is 63.0. The van der Waals surface area contributed by atoms with Crippen LogP contribution in [0.15, 0.2) is 61.4 Å². The maximum Gasteiger partial charge on any atom is 0.253 e. The van der Waals surface area contributed by atoms with Crippen LogP contribution in [0.3, 0.4) is 0 Å². The molecule has 1 spiro atoms. The van der Waals surface area contributed by atoms with Gasteiger partial charge in [0.1, 0.15) is 17.7 Å². The molecule has 5 saturated carbocycles. The van der Waals surface area contributed by atoms with Gasteiger partial charge in [0, 0.05) is 89.5 Å². The van der Waals surface area contributed by atoms with Crippen molar-refractivity contribution in [2.45, 2.75) is 212 Å². The van der Waals surface area contributed by atoms with E-state index in [-0.39, 0.29) is 86.8 Å². The number of imidazole rings is 2. The lowest BCUT2D eigenvalue weighted by molar-refractivity contribution is -0.124. The van der Waals surface area contributed by atoms with Crippen molar-refractivity contribution in [1.29, 1.82) is 0 Å². The summed E-state index contributed by atoms with van der Waals surface area (Å²) in [5.74, 6) is -4.02. The topological polar surface area (TPSA) is 217 Å². The number of aromatic nitrogens is 8. The summed E-state index contributed by atoms with van der Waals surface area (Å²) in [6.45, 7) is 27.6. The van der Waals surface area contributed by atoms with E-state index in [0.29, 0.717) is 75.1 Å². The largest absolute Gasteiger partial charge is 0.352 e. The molecule has 2 aromatic carbocycles. The van der Waals surface area contributed by atoms with E-state index in [2.05, 4.69) is 54.9 Å². The molecule has 0 radical (unpaired) electrons. The standard InChI is InChI=1S/C40H44ClF3N8O2.C40H48F2N8O2/c1-20(2)51-19-46-28-13-26(47-35(33(28)51)48-27-12-25(30(41)32(44)31(27)43)36(53)49-40(18-42)7-8-40)22-11-29-34(45-16-22)38(3,4)37(54)52(29)24-14-39(5,15-24)50-9-6-21-10-23(21)17-50;1-8-43-36(51)26-15-28(32(42)31(41)23(26)4)47-35-33-29(45-21-49(33)22(2)3)16-27(46-35)24-14-30-34(44-19-24)38(5,6)37(52)50(30)25-17-39(7,18-25)48-13-9-10-40(20-48)11-12-40/h11-13,16,19-21,23-24H,6-10,14-15,17-18H2,1-5H3,(H,47,48)(H,49,53);14-16,19,21-22,25H,8-13,17-18,20H2,1-7H3,(H,43,51)(H,46,47). The second-order valence-electron chi connectivity index (χ2n) is 34.0. The number of likely N-dealkylation sites (tertiary alicyclic amines) is 2. The number of pyridine rings is 4. The van der Waals surface area contributed by atoms with E-state index in [0.717, 1.165) is 80.3 Å². The Kier molecular flexibility index (Phi) is 17.2. The van der Waals surface area contributed by atoms with Gasteiger partial charge >= 0.3 is 0 Å². The van der Waals surface area contributed by atoms with Crippen LogP contribution < -0.4 is 31.1 Å². The molecule has 6 aromatic heterocycles. The number of rotatable bonds is 17. The second kappa shape index (κ2) is 25.5. The van der Waals surface area contributed by atoms with Gasteiger partial charge in [-0.2, -0.15) is 0 Å². The Morgan fingerprint density at radius 1 is 0.623 bits per heavy atom. The third-order valence-corrected chi connectivity index (χ3v) is 25.4. The van der Waals surface area contributed by atoms with Crippen molar-refractivity contribution < 1.29 is 41.1 Å². The third kappa shape index (κ3) is 11.9. The highest BCUT2D eigenvalue weighted by atomic mass is 35.5. The molecule has 7 fully saturated rings. The Bertz CT molecular complexity index is 4990. The summed E-state index contributed by atoms with van der Waals surface area (Å²) in [7, 11) is 0. The summed E-state index contributed by atoms with van der Waals surface area (Å²) < 4.78 is 79.1. The average Bonchev–Trinajstić information content (AvgIpc) is 1.50. The number of benzene rings is 2. The van der Waals surface area contributed by atoms with Gasteiger partial charge in [-0.25, -0.2) is 41.9 Å². The Morgan fingerprint density at radius 3 is 1.61 bits per heavy atom. The first kappa shape index (κ1) is 71.6. The fourth-order valence-corrected chi connectivity index (χ4v) is 18.1. The first-order chi connectivity index (χ1) is 50.3. The quantitative estimate of drug-likeness (QED) is 0.0493. The SMILES string of the molecule is CC(C)n1cnc2cc(-c3cnc4c(c3)N(C3CC(C)(N5CCC6CC6C5)C3)C(=O)C4(C)C)nc(Nc3cc(C(=O)NC4(CF)CC4)c(Cl)c(F)c3F)c21.CCNC(=O)c1cc(Nc2nc(-c3cnc4c(c3)N(C3CC(C)(N5CCCC6(CC6)C5)C3)C(=O)C4(C)C)cc3ncn(C(C)C)c23)c(F)c(F)c1C. The normalized spacial score (nSPS) is 24.9. The van der Waals surface area contributed by atoms with Gasteiger partial charge in [-0.1, -0.05) is 11.6 Å². The molecule has 26 heteroatoms. The first-order valence-corrected chi connectivity index (χ1v) is 38.0. The molecular weight excluding hydrogens is 1380 g/mol. The summed E-state index contributed by atoms with van der Waals surface area (Å²) in [6.07, 6.45) is 19.1. The zero-order valence-electron chi connectivity index (χ0n) is 62.2. The number of hydrogen-bond donors (Lipinski definition) is 4. The van der Waals surface area contributed by atoms with Crippen molar-refractivity contribution in [3.8, 4) is 22.5 Å². The molecule has 9 aliphatic rings. The number of nitrogens with one attached hydrogen (secondary N) is 4. The van der Waals surface area contributed by atoms with Gasteiger partial charge in [-0.15, -0.1) is 0 Å². The van der Waals surface area contributed by atoms with Crippen LogP contribution in [0.5, 0.6) is 0 Å². The van der Waals surface area contributed by atoms with Crippen molar-refractivity contribution in [3.63, 3.8) is 0 Å². The van der Waals surface area contributed by atoms with E-state index in [9.17, 15) is 23.6 Å². The fourth-order valence-electron chi connectivity index (χ4n) is 17.9. The maximum atomic E-state index is 15.6. The third-order valence-electron chi connectivity index (χ3n) is 25.0. The Balaban J connectivity index is 0.000000163. The Hall–Kier alpha value is -8.68. The van der Waals surface area contributed by atoms with Crippen LogP contribution in [-0.4, -0.2) is 141 Å². The monoisotopic (exact) mass is 1470 g/mol. The smallest absolute Gasteiger partial charge is 0.253 e. The number of piperidine rings is 2. The zero-order chi connectivity index (χ0) is 75.0. The van der Waals surface area contributed by atoms with E-state index in [1.807, 2.05) is 92.5 Å². The molecular formula is C80H92ClF5N16O4. The lowest BCUT2D eigenvalue weighted by Gasteiger charge is -2.56. The van der Waals surface area contributed by atoms with Crippen molar-refractivity contribution in [1.82, 2.24) is 59.5 Å². The van der Waals surface area contributed by atoms with E-state index >= 15 is 17.6 Å². The number of fused-ring (bicyclic) bond motifs is 5. The number of amides is 4. The minimum atomic E-state index is -1.42. The molecule has 2 atom stereocenters. The minimum Gasteiger partial charge on any atom is -0.352 e. The second-order valence-corrected chi connectivity index (χ2v) is 34.4. The molecule has 2 saturated heterocycles. The van der Waals surface area contributed by atoms with Gasteiger partial charge < -0.3 is 40.2 Å². The minimum absolute atomic E-state index is 0.0138. The van der Waals surface area contributed by atoms with E-state index in [1.165, 1.54) is 58.1 Å². The molecule has 0 bridgehead atoms. The molecule has 106 heavy (non-hydrogen) atoms. The molecule has 5 aliphatic carbocycles. The first-order valence-electron chi connectivity index (χ1n) is 37.6. The Morgan fingerprint density at radius 2 is 1.13 bits per heavy atom. The van der Waals surface area contributed by atoms with E-state index < -0.39 is 63.1 Å². The van der Waals surface area contributed by atoms with Crippen LogP contribution in [0, 0.1) is 47.4 Å². The van der Waals surface area contributed by atoms with Crippen molar-refractivity contribution >= 4 is 91.7 Å². The summed E-state index contributed by atoms with van der Waals surface area (Å²) in [5.41, 5.74) is 4.58. The highest BCUT2D eigenvalue weighted by Gasteiger charge is 2.59. The molecule has 4 N–H and O–H groups in total. The van der Waals surface area contributed by atoms with Crippen LogP contribution in [0.2, 0.25) is 5.02 Å². The van der Waals surface area contributed by atoms with Crippen LogP contribution in [-0.2, 0) is 20.4 Å². The number of anilines is 6. The maximum absolute atomic E-state index is 15.6. The summed E-state index contributed by atoms with van der Waals surface area (Å²) in [5, 5.41) is 10.5. The highest BCUT2D eigenvalue weighted by Crippen LogP contribution is 2.58. The number of carbonyl (C=O) groups is 4. The predicted octanol–water partition coefficient (Wildman–Crippen LogP) is 15.4. The Labute approximate surface area is 618 Å². The summed E-state index contributed by atoms with van der Waals surface area (Å²) in [6, 6.07) is 10.1. The molecule has 8 aromatic rings. The van der Waals surface area contributed by atoms with Crippen LogP contribution in [0.1, 0.15) is 203 Å². The highest BCUT2D eigenvalue weighted by molar-refractivity contribution is 6.34. The van der Waals surface area contributed by atoms with Crippen LogP contribution in [0.4, 0.5) is 56.3 Å². The summed E-state index contributed by atoms with van der Waals surface area (Å²) in [4.78, 5) is 92.3. The molecule has 4 amide bonds. The van der Waals surface area contributed by atoms with E-state index in [4.69, 9.17) is 31.5 Å². The molecule has 10 heterocycles. The van der Waals surface area contributed by atoms with Gasteiger partial charge in [0.15, 0.2) is 34.9 Å². The number of halogens is 6. The number of carbonyl (C=O) groups excluding carboxylic acids is 4. The van der Waals surface area contributed by atoms with Crippen molar-refractivity contribution in [2.24, 2.45) is 17.3 Å². The van der Waals surface area contributed by atoms with Crippen molar-refractivity contribution in [3.05, 3.63) is 118 Å². The van der Waals surface area contributed by atoms with Gasteiger partial charge in [-0.3, -0.25) is 38.9 Å². The average molecular weight is 1470 g/mol. The van der Waals surface area contributed by atoms with Gasteiger partial charge in [-0.05, 0) is 227 Å². The summed E-state index contributed by atoms with van der Waals surface area (Å²) >= 11 is 6.13. The molecule has 558 valence electrons. The molecule has 2 unspecified atom stereocenters. The number of alkyl halides is 1. The lowest BCUT2D eigenvalue weighted by Crippen LogP contribution is -2.64. The number of hydrogen-bond acceptors (Lipinski definition) is 14. The molecule has 17 rings (SSSR count). The van der Waals surface area contributed by atoms with Crippen LogP contribution in [0.25, 0.3) is 44.6 Å². The van der Waals surface area contributed by atoms with Gasteiger partial charge in [0.25, 0.3) is 11.8 Å². The fraction of sp³-hybridized carbons (Fsp3) is 0.525. The van der Waals surface area contributed by atoms with E-state index in [1.54, 1.807) is 38.0 Å².